The fourth-order valence-electron chi connectivity index (χ4n) is 4.81. The minimum atomic E-state index is -3.51. The number of carbonyl (C=O) groups is 2. The Labute approximate surface area is 215 Å². The number of para-hydroxylation sites is 1. The van der Waals surface area contributed by atoms with Crippen molar-refractivity contribution in [3.8, 4) is 0 Å². The molecule has 0 aromatic heterocycles. The van der Waals surface area contributed by atoms with Crippen LogP contribution in [0.4, 0.5) is 5.69 Å². The van der Waals surface area contributed by atoms with Gasteiger partial charge in [0.15, 0.2) is 0 Å². The number of sulfonamides is 1. The van der Waals surface area contributed by atoms with Gasteiger partial charge < -0.3 is 10.2 Å². The largest absolute Gasteiger partial charge is 0.352 e. The van der Waals surface area contributed by atoms with E-state index in [9.17, 15) is 18.0 Å². The molecule has 0 bridgehead atoms. The van der Waals surface area contributed by atoms with E-state index < -0.39 is 16.1 Å². The summed E-state index contributed by atoms with van der Waals surface area (Å²) in [5.41, 5.74) is 3.52. The number of nitrogens with one attached hydrogen (secondary N) is 1. The molecule has 0 heterocycles. The molecule has 0 unspecified atom stereocenters. The molecule has 0 spiro atoms. The van der Waals surface area contributed by atoms with E-state index in [1.807, 2.05) is 50.2 Å². The minimum absolute atomic E-state index is 0.138. The molecule has 1 atom stereocenters. The van der Waals surface area contributed by atoms with E-state index in [-0.39, 0.29) is 30.8 Å². The Hall–Kier alpha value is -2.87. The summed E-state index contributed by atoms with van der Waals surface area (Å²) in [5, 5.41) is 3.11. The number of aryl methyl sites for hydroxylation is 2. The van der Waals surface area contributed by atoms with Gasteiger partial charge in [-0.1, -0.05) is 60.9 Å². The summed E-state index contributed by atoms with van der Waals surface area (Å²) in [7, 11) is -3.51. The molecule has 0 radical (unpaired) electrons. The topological polar surface area (TPSA) is 86.8 Å². The average Bonchev–Trinajstić information content (AvgIpc) is 3.33. The Balaban J connectivity index is 1.72. The van der Waals surface area contributed by atoms with Crippen LogP contribution in [0.1, 0.15) is 62.1 Å². The van der Waals surface area contributed by atoms with Gasteiger partial charge in [0.25, 0.3) is 0 Å². The molecular weight excluding hydrogens is 474 g/mol. The summed E-state index contributed by atoms with van der Waals surface area (Å²) in [4.78, 5) is 28.1. The summed E-state index contributed by atoms with van der Waals surface area (Å²) in [5.74, 6) is -0.301. The van der Waals surface area contributed by atoms with Gasteiger partial charge in [0, 0.05) is 25.6 Å². The standard InChI is InChI=1S/C28H39N3O4S/c1-21-11-9-13-24(19-21)20-30(23(3)28(33)29-25-14-6-7-15-25)27(32)17-10-18-31(36(4,34)35)26-16-8-5-12-22(26)2/h5,8-9,11-13,16,19,23,25H,6-7,10,14-15,17-18,20H2,1-4H3,(H,29,33)/t23-/m1/s1. The molecule has 3 rings (SSSR count). The Bertz CT molecular complexity index is 1160. The highest BCUT2D eigenvalue weighted by molar-refractivity contribution is 7.92. The molecule has 1 aliphatic carbocycles. The van der Waals surface area contributed by atoms with Crippen LogP contribution in [0, 0.1) is 13.8 Å². The summed E-state index contributed by atoms with van der Waals surface area (Å²) in [6.07, 6.45) is 5.86. The van der Waals surface area contributed by atoms with E-state index in [0.29, 0.717) is 18.7 Å². The zero-order valence-electron chi connectivity index (χ0n) is 21.9. The fraction of sp³-hybridized carbons (Fsp3) is 0.500. The number of anilines is 1. The number of nitrogens with zero attached hydrogens (tertiary/aromatic N) is 2. The van der Waals surface area contributed by atoms with E-state index >= 15 is 0 Å². The lowest BCUT2D eigenvalue weighted by Crippen LogP contribution is -2.49. The normalized spacial score (nSPS) is 14.9. The molecule has 36 heavy (non-hydrogen) atoms. The lowest BCUT2D eigenvalue weighted by atomic mass is 10.1. The van der Waals surface area contributed by atoms with Crippen molar-refractivity contribution >= 4 is 27.5 Å². The molecule has 1 aliphatic rings. The van der Waals surface area contributed by atoms with E-state index in [0.717, 1.165) is 42.4 Å². The van der Waals surface area contributed by atoms with Crippen LogP contribution in [0.15, 0.2) is 48.5 Å². The van der Waals surface area contributed by atoms with Crippen LogP contribution in [0.2, 0.25) is 0 Å². The third-order valence-corrected chi connectivity index (χ3v) is 8.02. The zero-order valence-corrected chi connectivity index (χ0v) is 22.7. The smallest absolute Gasteiger partial charge is 0.242 e. The third-order valence-electron chi connectivity index (χ3n) is 6.84. The van der Waals surface area contributed by atoms with Crippen molar-refractivity contribution in [2.45, 2.75) is 77.9 Å². The van der Waals surface area contributed by atoms with Gasteiger partial charge in [-0.05, 0) is 57.2 Å². The first-order chi connectivity index (χ1) is 17.1. The second-order valence-electron chi connectivity index (χ2n) is 9.90. The summed E-state index contributed by atoms with van der Waals surface area (Å²) in [6, 6.07) is 14.8. The van der Waals surface area contributed by atoms with Crippen LogP contribution < -0.4 is 9.62 Å². The van der Waals surface area contributed by atoms with Gasteiger partial charge in [0.1, 0.15) is 6.04 Å². The summed E-state index contributed by atoms with van der Waals surface area (Å²) in [6.45, 7) is 6.15. The monoisotopic (exact) mass is 513 g/mol. The highest BCUT2D eigenvalue weighted by Gasteiger charge is 2.29. The van der Waals surface area contributed by atoms with Crippen LogP contribution in [0.3, 0.4) is 0 Å². The molecule has 7 nitrogen and oxygen atoms in total. The lowest BCUT2D eigenvalue weighted by molar-refractivity contribution is -0.141. The van der Waals surface area contributed by atoms with Crippen molar-refractivity contribution in [1.82, 2.24) is 10.2 Å². The number of rotatable bonds is 11. The maximum Gasteiger partial charge on any atom is 0.242 e. The predicted molar refractivity (Wildman–Crippen MR) is 144 cm³/mol. The van der Waals surface area contributed by atoms with E-state index in [2.05, 4.69) is 5.32 Å². The van der Waals surface area contributed by atoms with Gasteiger partial charge in [0.2, 0.25) is 21.8 Å². The molecular formula is C28H39N3O4S. The highest BCUT2D eigenvalue weighted by atomic mass is 32.2. The summed E-state index contributed by atoms with van der Waals surface area (Å²) >= 11 is 0. The molecule has 2 aromatic rings. The van der Waals surface area contributed by atoms with Gasteiger partial charge >= 0.3 is 0 Å². The molecule has 2 amide bonds. The first-order valence-electron chi connectivity index (χ1n) is 12.7. The third kappa shape index (κ3) is 7.56. The van der Waals surface area contributed by atoms with E-state index in [1.165, 1.54) is 10.6 Å². The van der Waals surface area contributed by atoms with Crippen molar-refractivity contribution in [1.29, 1.82) is 0 Å². The van der Waals surface area contributed by atoms with Gasteiger partial charge in [-0.2, -0.15) is 0 Å². The van der Waals surface area contributed by atoms with Crippen molar-refractivity contribution in [2.24, 2.45) is 0 Å². The van der Waals surface area contributed by atoms with Gasteiger partial charge in [0.05, 0.1) is 11.9 Å². The highest BCUT2D eigenvalue weighted by Crippen LogP contribution is 2.23. The Kier molecular flexibility index (Phi) is 9.54. The predicted octanol–water partition coefficient (Wildman–Crippen LogP) is 4.33. The van der Waals surface area contributed by atoms with Crippen molar-refractivity contribution in [3.63, 3.8) is 0 Å². The lowest BCUT2D eigenvalue weighted by Gasteiger charge is -2.30. The second kappa shape index (κ2) is 12.4. The maximum absolute atomic E-state index is 13.4. The zero-order chi connectivity index (χ0) is 26.3. The minimum Gasteiger partial charge on any atom is -0.352 e. The number of hydrogen-bond donors (Lipinski definition) is 1. The Morgan fingerprint density at radius 3 is 2.39 bits per heavy atom. The van der Waals surface area contributed by atoms with Crippen LogP contribution in [0.5, 0.6) is 0 Å². The van der Waals surface area contributed by atoms with Crippen molar-refractivity contribution in [3.05, 3.63) is 65.2 Å². The molecule has 2 aromatic carbocycles. The Morgan fingerprint density at radius 1 is 1.06 bits per heavy atom. The van der Waals surface area contributed by atoms with Crippen LogP contribution >= 0.6 is 0 Å². The molecule has 1 saturated carbocycles. The van der Waals surface area contributed by atoms with Crippen LogP contribution in [-0.4, -0.2) is 50.0 Å². The van der Waals surface area contributed by atoms with Crippen LogP contribution in [0.25, 0.3) is 0 Å². The van der Waals surface area contributed by atoms with Crippen molar-refractivity contribution < 1.29 is 18.0 Å². The Morgan fingerprint density at radius 2 is 1.75 bits per heavy atom. The second-order valence-corrected chi connectivity index (χ2v) is 11.8. The number of amides is 2. The van der Waals surface area contributed by atoms with E-state index in [1.54, 1.807) is 24.0 Å². The first kappa shape index (κ1) is 27.7. The van der Waals surface area contributed by atoms with Gasteiger partial charge in [-0.15, -0.1) is 0 Å². The molecule has 1 N–H and O–H groups in total. The average molecular weight is 514 g/mol. The van der Waals surface area contributed by atoms with Gasteiger partial charge in [-0.25, -0.2) is 8.42 Å². The van der Waals surface area contributed by atoms with Crippen LogP contribution in [-0.2, 0) is 26.2 Å². The quantitative estimate of drug-likeness (QED) is 0.485. The molecule has 8 heteroatoms. The summed E-state index contributed by atoms with van der Waals surface area (Å²) < 4.78 is 26.4. The first-order valence-corrected chi connectivity index (χ1v) is 14.6. The molecule has 196 valence electrons. The molecule has 0 aliphatic heterocycles. The SMILES string of the molecule is Cc1cccc(CN(C(=O)CCCN(c2ccccc2C)S(C)(=O)=O)[C@H](C)C(=O)NC2CCCC2)c1. The number of carbonyl (C=O) groups excluding carboxylic acids is 2. The van der Waals surface area contributed by atoms with E-state index in [4.69, 9.17) is 0 Å². The number of hydrogen-bond acceptors (Lipinski definition) is 4. The molecule has 0 saturated heterocycles. The molecule has 1 fully saturated rings. The van der Waals surface area contributed by atoms with Gasteiger partial charge in [-0.3, -0.25) is 13.9 Å². The van der Waals surface area contributed by atoms with Crippen molar-refractivity contribution in [2.75, 3.05) is 17.1 Å². The fourth-order valence-corrected chi connectivity index (χ4v) is 5.83. The number of benzene rings is 2. The maximum atomic E-state index is 13.4.